The number of nitrogens with zero attached hydrogens (tertiary/aromatic N) is 2. The lowest BCUT2D eigenvalue weighted by atomic mass is 10.2. The van der Waals surface area contributed by atoms with E-state index in [0.717, 1.165) is 25.1 Å². The van der Waals surface area contributed by atoms with Crippen molar-refractivity contribution >= 4 is 9.84 Å². The molecule has 1 aromatic rings. The van der Waals surface area contributed by atoms with Gasteiger partial charge in [-0.1, -0.05) is 18.5 Å². The van der Waals surface area contributed by atoms with Crippen LogP contribution in [0.15, 0.2) is 4.52 Å². The Morgan fingerprint density at radius 1 is 1.50 bits per heavy atom. The summed E-state index contributed by atoms with van der Waals surface area (Å²) >= 11 is 0. The smallest absolute Gasteiger partial charge is 0.240 e. The molecule has 1 aliphatic rings. The highest BCUT2D eigenvalue weighted by molar-refractivity contribution is 7.91. The van der Waals surface area contributed by atoms with Crippen molar-refractivity contribution in [3.8, 4) is 0 Å². The summed E-state index contributed by atoms with van der Waals surface area (Å²) in [6.07, 6.45) is 3.65. The molecular weight excluding hydrogens is 254 g/mol. The number of sulfone groups is 1. The summed E-state index contributed by atoms with van der Waals surface area (Å²) in [5.41, 5.74) is 0. The lowest BCUT2D eigenvalue weighted by molar-refractivity contribution is 0.355. The van der Waals surface area contributed by atoms with Gasteiger partial charge < -0.3 is 9.84 Å². The molecule has 1 aromatic heterocycles. The second kappa shape index (κ2) is 5.79. The summed E-state index contributed by atoms with van der Waals surface area (Å²) in [4.78, 5) is 4.26. The maximum atomic E-state index is 11.3. The van der Waals surface area contributed by atoms with Crippen LogP contribution in [0.3, 0.4) is 0 Å². The molecule has 7 heteroatoms. The van der Waals surface area contributed by atoms with Crippen LogP contribution in [0.25, 0.3) is 0 Å². The Bertz CT molecular complexity index is 483. The minimum absolute atomic E-state index is 0.0148. The standard InChI is InChI=1S/C11H19N3O3S/c1-2-3-4-10-13-11(17-14-10)7-12-9-5-6-18(15,16)8-9/h9,12H,2-8H2,1H3. The van der Waals surface area contributed by atoms with Crippen LogP contribution in [0, 0.1) is 0 Å². The van der Waals surface area contributed by atoms with Gasteiger partial charge in [0.2, 0.25) is 5.89 Å². The van der Waals surface area contributed by atoms with Crippen molar-refractivity contribution in [1.29, 1.82) is 0 Å². The van der Waals surface area contributed by atoms with Gasteiger partial charge in [-0.3, -0.25) is 0 Å². The third kappa shape index (κ3) is 3.78. The maximum absolute atomic E-state index is 11.3. The Morgan fingerprint density at radius 2 is 2.33 bits per heavy atom. The number of unbranched alkanes of at least 4 members (excludes halogenated alkanes) is 1. The minimum Gasteiger partial charge on any atom is -0.338 e. The van der Waals surface area contributed by atoms with Gasteiger partial charge in [0.25, 0.3) is 0 Å². The molecule has 0 saturated carbocycles. The van der Waals surface area contributed by atoms with Crippen molar-refractivity contribution in [2.24, 2.45) is 0 Å². The predicted molar refractivity (Wildman–Crippen MR) is 66.8 cm³/mol. The van der Waals surface area contributed by atoms with E-state index in [-0.39, 0.29) is 17.5 Å². The monoisotopic (exact) mass is 273 g/mol. The predicted octanol–water partition coefficient (Wildman–Crippen LogP) is 0.689. The van der Waals surface area contributed by atoms with Crippen molar-refractivity contribution in [2.45, 2.75) is 45.2 Å². The highest BCUT2D eigenvalue weighted by atomic mass is 32.2. The summed E-state index contributed by atoms with van der Waals surface area (Å²) in [5, 5.41) is 7.03. The average Bonchev–Trinajstić information content (AvgIpc) is 2.90. The third-order valence-corrected chi connectivity index (χ3v) is 4.81. The number of aryl methyl sites for hydroxylation is 1. The first-order valence-electron chi connectivity index (χ1n) is 6.34. The largest absolute Gasteiger partial charge is 0.338 e. The van der Waals surface area contributed by atoms with Crippen LogP contribution in [-0.4, -0.2) is 36.1 Å². The maximum Gasteiger partial charge on any atom is 0.240 e. The van der Waals surface area contributed by atoms with Gasteiger partial charge in [0.15, 0.2) is 15.7 Å². The van der Waals surface area contributed by atoms with Crippen molar-refractivity contribution in [3.63, 3.8) is 0 Å². The first-order chi connectivity index (χ1) is 8.59. The van der Waals surface area contributed by atoms with Crippen LogP contribution in [0.5, 0.6) is 0 Å². The van der Waals surface area contributed by atoms with Crippen LogP contribution < -0.4 is 5.32 Å². The fourth-order valence-electron chi connectivity index (χ4n) is 1.99. The summed E-state index contributed by atoms with van der Waals surface area (Å²) in [6.45, 7) is 2.56. The van der Waals surface area contributed by atoms with E-state index in [9.17, 15) is 8.42 Å². The lowest BCUT2D eigenvalue weighted by Crippen LogP contribution is -2.29. The minimum atomic E-state index is -2.84. The molecule has 0 amide bonds. The van der Waals surface area contributed by atoms with Gasteiger partial charge in [-0.25, -0.2) is 8.42 Å². The molecule has 18 heavy (non-hydrogen) atoms. The summed E-state index contributed by atoms with van der Waals surface area (Å²) in [5.74, 6) is 1.75. The molecule has 2 heterocycles. The number of nitrogens with one attached hydrogen (secondary N) is 1. The molecule has 0 bridgehead atoms. The second-order valence-electron chi connectivity index (χ2n) is 4.69. The van der Waals surface area contributed by atoms with Gasteiger partial charge in [0, 0.05) is 12.5 Å². The molecule has 1 aliphatic heterocycles. The van der Waals surface area contributed by atoms with Gasteiger partial charge in [-0.05, 0) is 12.8 Å². The van der Waals surface area contributed by atoms with Crippen molar-refractivity contribution < 1.29 is 12.9 Å². The molecule has 1 N–H and O–H groups in total. The van der Waals surface area contributed by atoms with E-state index in [4.69, 9.17) is 4.52 Å². The van der Waals surface area contributed by atoms with Gasteiger partial charge in [-0.15, -0.1) is 0 Å². The van der Waals surface area contributed by atoms with E-state index in [0.29, 0.717) is 18.9 Å². The number of hydrogen-bond acceptors (Lipinski definition) is 6. The Balaban J connectivity index is 1.78. The van der Waals surface area contributed by atoms with E-state index in [1.54, 1.807) is 0 Å². The number of aromatic nitrogens is 2. The van der Waals surface area contributed by atoms with E-state index in [1.165, 1.54) is 0 Å². The Hall–Kier alpha value is -0.950. The topological polar surface area (TPSA) is 85.1 Å². The fourth-order valence-corrected chi connectivity index (χ4v) is 3.69. The number of hydrogen-bond donors (Lipinski definition) is 1. The second-order valence-corrected chi connectivity index (χ2v) is 6.92. The molecule has 0 aromatic carbocycles. The van der Waals surface area contributed by atoms with Crippen molar-refractivity contribution in [1.82, 2.24) is 15.5 Å². The zero-order chi connectivity index (χ0) is 13.0. The zero-order valence-corrected chi connectivity index (χ0v) is 11.4. The first-order valence-corrected chi connectivity index (χ1v) is 8.16. The highest BCUT2D eigenvalue weighted by Gasteiger charge is 2.27. The van der Waals surface area contributed by atoms with Crippen molar-refractivity contribution in [2.75, 3.05) is 11.5 Å². The molecular formula is C11H19N3O3S. The molecule has 2 rings (SSSR count). The Labute approximate surface area is 107 Å². The molecule has 0 spiro atoms. The van der Waals surface area contributed by atoms with Crippen LogP contribution >= 0.6 is 0 Å². The van der Waals surface area contributed by atoms with Gasteiger partial charge in [0.05, 0.1) is 18.1 Å². The van der Waals surface area contributed by atoms with E-state index >= 15 is 0 Å². The average molecular weight is 273 g/mol. The molecule has 0 radical (unpaired) electrons. The van der Waals surface area contributed by atoms with Crippen LogP contribution in [0.2, 0.25) is 0 Å². The van der Waals surface area contributed by atoms with Gasteiger partial charge >= 0.3 is 0 Å². The molecule has 1 fully saturated rings. The molecule has 1 saturated heterocycles. The lowest BCUT2D eigenvalue weighted by Gasteiger charge is -2.07. The van der Waals surface area contributed by atoms with Gasteiger partial charge in [0.1, 0.15) is 0 Å². The van der Waals surface area contributed by atoms with E-state index in [1.807, 2.05) is 0 Å². The van der Waals surface area contributed by atoms with Gasteiger partial charge in [-0.2, -0.15) is 4.98 Å². The van der Waals surface area contributed by atoms with Crippen LogP contribution in [0.4, 0.5) is 0 Å². The molecule has 0 aliphatic carbocycles. The van der Waals surface area contributed by atoms with E-state index < -0.39 is 9.84 Å². The normalized spacial score (nSPS) is 22.4. The quantitative estimate of drug-likeness (QED) is 0.820. The molecule has 1 atom stereocenters. The summed E-state index contributed by atoms with van der Waals surface area (Å²) in [6, 6.07) is 0.0148. The van der Waals surface area contributed by atoms with Crippen LogP contribution in [0.1, 0.15) is 37.9 Å². The molecule has 6 nitrogen and oxygen atoms in total. The zero-order valence-electron chi connectivity index (χ0n) is 10.6. The van der Waals surface area contributed by atoms with Crippen molar-refractivity contribution in [3.05, 3.63) is 11.7 Å². The fraction of sp³-hybridized carbons (Fsp3) is 0.818. The summed E-state index contributed by atoms with van der Waals surface area (Å²) in [7, 11) is -2.84. The number of rotatable bonds is 6. The highest BCUT2D eigenvalue weighted by Crippen LogP contribution is 2.12. The summed E-state index contributed by atoms with van der Waals surface area (Å²) < 4.78 is 27.7. The molecule has 1 unspecified atom stereocenters. The van der Waals surface area contributed by atoms with Crippen LogP contribution in [-0.2, 0) is 22.8 Å². The Kier molecular flexibility index (Phi) is 4.34. The third-order valence-electron chi connectivity index (χ3n) is 3.04. The first kappa shape index (κ1) is 13.5. The molecule has 102 valence electrons. The Morgan fingerprint density at radius 3 is 3.00 bits per heavy atom. The van der Waals surface area contributed by atoms with E-state index in [2.05, 4.69) is 22.4 Å². The SMILES string of the molecule is CCCCc1noc(CNC2CCS(=O)(=O)C2)n1.